The Bertz CT molecular complexity index is 866. The fourth-order valence-corrected chi connectivity index (χ4v) is 3.56. The molecule has 142 valence electrons. The molecular weight excluding hydrogens is 375 g/mol. The van der Waals surface area contributed by atoms with Crippen molar-refractivity contribution in [2.45, 2.75) is 24.8 Å². The average Bonchev–Trinajstić information content (AvgIpc) is 2.95. The van der Waals surface area contributed by atoms with E-state index in [1.807, 2.05) is 19.9 Å². The van der Waals surface area contributed by atoms with Crippen LogP contribution in [-0.2, 0) is 6.18 Å². The number of anilines is 2. The molecule has 0 atom stereocenters. The van der Waals surface area contributed by atoms with Crippen molar-refractivity contribution in [1.29, 1.82) is 0 Å². The molecule has 8 heteroatoms. The van der Waals surface area contributed by atoms with Crippen LogP contribution in [0.25, 0.3) is 0 Å². The molecule has 4 nitrogen and oxygen atoms in total. The highest BCUT2D eigenvalue weighted by atomic mass is 32.2. The highest BCUT2D eigenvalue weighted by Crippen LogP contribution is 2.36. The number of carbonyl (C=O) groups is 1. The van der Waals surface area contributed by atoms with E-state index in [9.17, 15) is 18.0 Å². The lowest BCUT2D eigenvalue weighted by Gasteiger charge is -2.24. The quantitative estimate of drug-likeness (QED) is 0.719. The first kappa shape index (κ1) is 19.3. The number of amides is 2. The Morgan fingerprint density at radius 2 is 1.85 bits per heavy atom. The Balaban J connectivity index is 1.89. The van der Waals surface area contributed by atoms with Crippen LogP contribution < -0.4 is 10.2 Å². The van der Waals surface area contributed by atoms with Crippen molar-refractivity contribution in [2.75, 3.05) is 16.8 Å². The summed E-state index contributed by atoms with van der Waals surface area (Å²) in [5.41, 5.74) is -0.162. The molecule has 0 unspecified atom stereocenters. The largest absolute Gasteiger partial charge is 0.416 e. The number of para-hydroxylation sites is 1. The third-order valence-electron chi connectivity index (χ3n) is 3.81. The molecule has 0 aliphatic carbocycles. The zero-order valence-corrected chi connectivity index (χ0v) is 15.6. The minimum atomic E-state index is -4.48. The van der Waals surface area contributed by atoms with Gasteiger partial charge in [-0.3, -0.25) is 4.99 Å². The van der Waals surface area contributed by atoms with Gasteiger partial charge in [0.25, 0.3) is 0 Å². The summed E-state index contributed by atoms with van der Waals surface area (Å²) in [5.74, 6) is 0. The van der Waals surface area contributed by atoms with Gasteiger partial charge in [-0.05, 0) is 44.2 Å². The van der Waals surface area contributed by atoms with E-state index in [1.165, 1.54) is 28.8 Å². The molecular formula is C19H18F3N3OS. The first-order chi connectivity index (χ1) is 12.7. The smallest absolute Gasteiger partial charge is 0.307 e. The predicted octanol–water partition coefficient (Wildman–Crippen LogP) is 5.63. The number of aliphatic imine (C=N–C) groups is 1. The predicted molar refractivity (Wildman–Crippen MR) is 103 cm³/mol. The maximum absolute atomic E-state index is 12.9. The Labute approximate surface area is 159 Å². The van der Waals surface area contributed by atoms with Crippen LogP contribution in [0.4, 0.5) is 29.3 Å². The number of benzene rings is 2. The van der Waals surface area contributed by atoms with Crippen molar-refractivity contribution in [3.05, 3.63) is 60.2 Å². The van der Waals surface area contributed by atoms with Gasteiger partial charge in [-0.1, -0.05) is 36.0 Å². The van der Waals surface area contributed by atoms with Crippen molar-refractivity contribution < 1.29 is 18.0 Å². The number of carbonyl (C=O) groups excluding carboxylic acids is 1. The molecule has 1 aliphatic rings. The van der Waals surface area contributed by atoms with E-state index >= 15 is 0 Å². The van der Waals surface area contributed by atoms with Crippen LogP contribution in [0, 0.1) is 0 Å². The van der Waals surface area contributed by atoms with Crippen LogP contribution in [0.15, 0.2) is 59.6 Å². The van der Waals surface area contributed by atoms with Gasteiger partial charge in [-0.2, -0.15) is 13.2 Å². The van der Waals surface area contributed by atoms with E-state index in [0.29, 0.717) is 17.4 Å². The minimum absolute atomic E-state index is 0.0682. The van der Waals surface area contributed by atoms with Crippen LogP contribution >= 0.6 is 11.8 Å². The first-order valence-corrected chi connectivity index (χ1v) is 9.04. The zero-order chi connectivity index (χ0) is 19.7. The van der Waals surface area contributed by atoms with Gasteiger partial charge < -0.3 is 5.32 Å². The molecule has 27 heavy (non-hydrogen) atoms. The molecule has 0 saturated carbocycles. The molecule has 2 aromatic carbocycles. The molecule has 0 aromatic heterocycles. The number of halogens is 3. The summed E-state index contributed by atoms with van der Waals surface area (Å²) in [6.07, 6.45) is -4.48. The number of nitrogens with zero attached hydrogens (tertiary/aromatic N) is 2. The highest BCUT2D eigenvalue weighted by Gasteiger charge is 2.34. The average molecular weight is 393 g/mol. The molecule has 2 amide bonds. The molecule has 0 radical (unpaired) electrons. The molecule has 2 aromatic rings. The van der Waals surface area contributed by atoms with E-state index in [2.05, 4.69) is 10.3 Å². The lowest BCUT2D eigenvalue weighted by molar-refractivity contribution is -0.137. The number of rotatable bonds is 2. The maximum Gasteiger partial charge on any atom is 0.416 e. The van der Waals surface area contributed by atoms with Crippen molar-refractivity contribution in [1.82, 2.24) is 0 Å². The maximum atomic E-state index is 12.9. The number of hydrogen-bond acceptors (Lipinski definition) is 3. The van der Waals surface area contributed by atoms with E-state index in [4.69, 9.17) is 0 Å². The molecule has 0 bridgehead atoms. The van der Waals surface area contributed by atoms with Crippen LogP contribution in [0.1, 0.15) is 19.4 Å². The first-order valence-electron chi connectivity index (χ1n) is 8.23. The Hall–Kier alpha value is -2.48. The van der Waals surface area contributed by atoms with Crippen LogP contribution in [0.3, 0.4) is 0 Å². The van der Waals surface area contributed by atoms with Crippen molar-refractivity contribution >= 4 is 34.3 Å². The van der Waals surface area contributed by atoms with Gasteiger partial charge >= 0.3 is 12.2 Å². The molecule has 1 heterocycles. The van der Waals surface area contributed by atoms with Gasteiger partial charge in [-0.25, -0.2) is 9.69 Å². The second-order valence-electron chi connectivity index (χ2n) is 6.64. The highest BCUT2D eigenvalue weighted by molar-refractivity contribution is 8.15. The van der Waals surface area contributed by atoms with Crippen LogP contribution in [-0.4, -0.2) is 22.5 Å². The van der Waals surface area contributed by atoms with E-state index in [-0.39, 0.29) is 10.4 Å². The number of amidine groups is 1. The summed E-state index contributed by atoms with van der Waals surface area (Å²) in [6, 6.07) is 12.9. The SMILES string of the molecule is CC1(C)CN=C(N(C(=O)Nc2cccc(C(F)(F)F)c2)c2ccccc2)S1. The number of thioether (sulfide) groups is 1. The normalized spacial score (nSPS) is 16.0. The third kappa shape index (κ3) is 4.63. The van der Waals surface area contributed by atoms with Gasteiger partial charge in [0, 0.05) is 10.4 Å². The van der Waals surface area contributed by atoms with Crippen molar-refractivity contribution in [2.24, 2.45) is 4.99 Å². The monoisotopic (exact) mass is 393 g/mol. The van der Waals surface area contributed by atoms with Gasteiger partial charge in [0.1, 0.15) is 0 Å². The van der Waals surface area contributed by atoms with Gasteiger partial charge in [0.05, 0.1) is 17.8 Å². The molecule has 0 fully saturated rings. The van der Waals surface area contributed by atoms with Crippen molar-refractivity contribution in [3.8, 4) is 0 Å². The standard InChI is InChI=1S/C19H18F3N3OS/c1-18(2)12-23-17(27-18)25(15-9-4-3-5-10-15)16(26)24-14-8-6-7-13(11-14)19(20,21)22/h3-11H,12H2,1-2H3,(H,24,26). The van der Waals surface area contributed by atoms with Gasteiger partial charge in [0.15, 0.2) is 5.17 Å². The molecule has 1 N–H and O–H groups in total. The minimum Gasteiger partial charge on any atom is -0.307 e. The Morgan fingerprint density at radius 3 is 2.44 bits per heavy atom. The molecule has 0 saturated heterocycles. The summed E-state index contributed by atoms with van der Waals surface area (Å²) in [7, 11) is 0. The summed E-state index contributed by atoms with van der Waals surface area (Å²) in [5, 5.41) is 3.06. The molecule has 3 rings (SSSR count). The summed E-state index contributed by atoms with van der Waals surface area (Å²) < 4.78 is 38.6. The molecule has 1 aliphatic heterocycles. The van der Waals surface area contributed by atoms with Gasteiger partial charge in [0.2, 0.25) is 0 Å². The number of urea groups is 1. The number of hydrogen-bond donors (Lipinski definition) is 1. The lowest BCUT2D eigenvalue weighted by Crippen LogP contribution is -2.38. The fourth-order valence-electron chi connectivity index (χ4n) is 2.53. The summed E-state index contributed by atoms with van der Waals surface area (Å²) in [6.45, 7) is 4.58. The summed E-state index contributed by atoms with van der Waals surface area (Å²) in [4.78, 5) is 18.7. The summed E-state index contributed by atoms with van der Waals surface area (Å²) >= 11 is 1.45. The van der Waals surface area contributed by atoms with Crippen LogP contribution in [0.5, 0.6) is 0 Å². The lowest BCUT2D eigenvalue weighted by atomic mass is 10.2. The second-order valence-corrected chi connectivity index (χ2v) is 8.31. The topological polar surface area (TPSA) is 44.7 Å². The number of nitrogens with one attached hydrogen (secondary N) is 1. The Morgan fingerprint density at radius 1 is 1.15 bits per heavy atom. The van der Waals surface area contributed by atoms with E-state index in [1.54, 1.807) is 24.3 Å². The zero-order valence-electron chi connectivity index (χ0n) is 14.7. The van der Waals surface area contributed by atoms with Crippen molar-refractivity contribution in [3.63, 3.8) is 0 Å². The van der Waals surface area contributed by atoms with Gasteiger partial charge in [-0.15, -0.1) is 0 Å². The molecule has 0 spiro atoms. The second kappa shape index (κ2) is 7.26. The van der Waals surface area contributed by atoms with E-state index < -0.39 is 17.8 Å². The Kier molecular flexibility index (Phi) is 5.19. The fraction of sp³-hybridized carbons (Fsp3) is 0.263. The van der Waals surface area contributed by atoms with Crippen LogP contribution in [0.2, 0.25) is 0 Å². The number of alkyl halides is 3. The third-order valence-corrected chi connectivity index (χ3v) is 4.99. The van der Waals surface area contributed by atoms with E-state index in [0.717, 1.165) is 12.1 Å².